The van der Waals surface area contributed by atoms with Gasteiger partial charge in [-0.3, -0.25) is 0 Å². The fourth-order valence-electron chi connectivity index (χ4n) is 1.42. The van der Waals surface area contributed by atoms with Crippen LogP contribution in [0.15, 0.2) is 24.3 Å². The highest BCUT2D eigenvalue weighted by Gasteiger charge is 1.93. The van der Waals surface area contributed by atoms with Gasteiger partial charge in [-0.25, -0.2) is 0 Å². The average molecular weight is 258 g/mol. The summed E-state index contributed by atoms with van der Waals surface area (Å²) in [5.41, 5.74) is 1.11. The molecule has 0 aromatic heterocycles. The molecule has 1 N–H and O–H groups in total. The summed E-state index contributed by atoms with van der Waals surface area (Å²) in [5, 5.41) is 4.16. The van der Waals surface area contributed by atoms with Gasteiger partial charge < -0.3 is 5.32 Å². The van der Waals surface area contributed by atoms with E-state index in [-0.39, 0.29) is 0 Å². The van der Waals surface area contributed by atoms with Crippen LogP contribution in [0, 0.1) is 0 Å². The van der Waals surface area contributed by atoms with Gasteiger partial charge in [-0.05, 0) is 30.4 Å². The minimum atomic E-state index is 0.792. The molecule has 0 fully saturated rings. The van der Waals surface area contributed by atoms with Crippen molar-refractivity contribution in [3.63, 3.8) is 0 Å². The first-order chi connectivity index (χ1) is 7.83. The van der Waals surface area contributed by atoms with Crippen molar-refractivity contribution < 1.29 is 0 Å². The van der Waals surface area contributed by atoms with Crippen LogP contribution >= 0.6 is 23.4 Å². The van der Waals surface area contributed by atoms with Gasteiger partial charge in [0.15, 0.2) is 0 Å². The molecule has 1 aromatic rings. The minimum Gasteiger partial charge on any atom is -0.384 e. The lowest BCUT2D eigenvalue weighted by Gasteiger charge is -2.06. The Balaban J connectivity index is 2.03. The standard InChI is InChI=1S/C13H20ClNS/c1-2-3-4-9-16-10-8-15-13-7-5-6-12(14)11-13/h5-7,11,15H,2-4,8-10H2,1H3. The van der Waals surface area contributed by atoms with E-state index in [1.807, 2.05) is 36.0 Å². The zero-order chi connectivity index (χ0) is 11.6. The molecule has 0 heterocycles. The second-order valence-electron chi connectivity index (χ2n) is 3.76. The fourth-order valence-corrected chi connectivity index (χ4v) is 2.47. The van der Waals surface area contributed by atoms with E-state index >= 15 is 0 Å². The van der Waals surface area contributed by atoms with E-state index in [2.05, 4.69) is 12.2 Å². The van der Waals surface area contributed by atoms with Crippen molar-refractivity contribution in [1.82, 2.24) is 0 Å². The van der Waals surface area contributed by atoms with Gasteiger partial charge in [-0.15, -0.1) is 0 Å². The van der Waals surface area contributed by atoms with Gasteiger partial charge in [0, 0.05) is 23.0 Å². The van der Waals surface area contributed by atoms with E-state index in [1.165, 1.54) is 25.0 Å². The summed E-state index contributed by atoms with van der Waals surface area (Å²) in [4.78, 5) is 0. The highest BCUT2D eigenvalue weighted by molar-refractivity contribution is 7.99. The van der Waals surface area contributed by atoms with Gasteiger partial charge in [0.25, 0.3) is 0 Å². The number of anilines is 1. The van der Waals surface area contributed by atoms with Crippen molar-refractivity contribution in [3.05, 3.63) is 29.3 Å². The van der Waals surface area contributed by atoms with Crippen LogP contribution in [-0.4, -0.2) is 18.1 Å². The van der Waals surface area contributed by atoms with Crippen LogP contribution in [0.1, 0.15) is 26.2 Å². The molecule has 0 spiro atoms. The van der Waals surface area contributed by atoms with Crippen LogP contribution in [0.3, 0.4) is 0 Å². The lowest BCUT2D eigenvalue weighted by atomic mass is 10.3. The molecular formula is C13H20ClNS. The minimum absolute atomic E-state index is 0.792. The highest BCUT2D eigenvalue weighted by atomic mass is 35.5. The maximum absolute atomic E-state index is 5.90. The third-order valence-electron chi connectivity index (χ3n) is 2.29. The first-order valence-electron chi connectivity index (χ1n) is 5.90. The van der Waals surface area contributed by atoms with Gasteiger partial charge in [0.2, 0.25) is 0 Å². The number of nitrogens with one attached hydrogen (secondary N) is 1. The summed E-state index contributed by atoms with van der Waals surface area (Å²) in [6.45, 7) is 3.25. The van der Waals surface area contributed by atoms with Crippen LogP contribution in [-0.2, 0) is 0 Å². The quantitative estimate of drug-likeness (QED) is 0.679. The van der Waals surface area contributed by atoms with Crippen molar-refractivity contribution >= 4 is 29.1 Å². The second kappa shape index (κ2) is 8.77. The van der Waals surface area contributed by atoms with Crippen LogP contribution in [0.2, 0.25) is 5.02 Å². The summed E-state index contributed by atoms with van der Waals surface area (Å²) in [6.07, 6.45) is 4.01. The lowest BCUT2D eigenvalue weighted by Crippen LogP contribution is -2.04. The molecule has 90 valence electrons. The van der Waals surface area contributed by atoms with Crippen LogP contribution < -0.4 is 5.32 Å². The Kier molecular flexibility index (Phi) is 7.52. The number of hydrogen-bond acceptors (Lipinski definition) is 2. The fraction of sp³-hybridized carbons (Fsp3) is 0.538. The Morgan fingerprint density at radius 2 is 2.12 bits per heavy atom. The van der Waals surface area contributed by atoms with Gasteiger partial charge in [-0.1, -0.05) is 37.4 Å². The predicted octanol–water partition coefficient (Wildman–Crippen LogP) is 4.68. The SMILES string of the molecule is CCCCCSCCNc1cccc(Cl)c1. The van der Waals surface area contributed by atoms with E-state index in [0.29, 0.717) is 0 Å². The zero-order valence-electron chi connectivity index (χ0n) is 9.84. The van der Waals surface area contributed by atoms with Gasteiger partial charge in [-0.2, -0.15) is 11.8 Å². The third-order valence-corrected chi connectivity index (χ3v) is 3.60. The molecule has 0 aliphatic rings. The molecule has 1 aromatic carbocycles. The molecule has 0 unspecified atom stereocenters. The summed E-state index contributed by atoms with van der Waals surface area (Å²) >= 11 is 7.92. The lowest BCUT2D eigenvalue weighted by molar-refractivity contribution is 0.778. The van der Waals surface area contributed by atoms with Crippen molar-refractivity contribution in [3.8, 4) is 0 Å². The van der Waals surface area contributed by atoms with Gasteiger partial charge in [0.1, 0.15) is 0 Å². The molecule has 0 atom stereocenters. The summed E-state index contributed by atoms with van der Waals surface area (Å²) < 4.78 is 0. The van der Waals surface area contributed by atoms with E-state index in [4.69, 9.17) is 11.6 Å². The molecule has 0 saturated carbocycles. The number of thioether (sulfide) groups is 1. The van der Waals surface area contributed by atoms with Gasteiger partial charge in [0.05, 0.1) is 0 Å². The predicted molar refractivity (Wildman–Crippen MR) is 76.8 cm³/mol. The largest absolute Gasteiger partial charge is 0.384 e. The van der Waals surface area contributed by atoms with E-state index in [0.717, 1.165) is 23.0 Å². The molecule has 0 radical (unpaired) electrons. The van der Waals surface area contributed by atoms with Crippen LogP contribution in [0.4, 0.5) is 5.69 Å². The number of rotatable bonds is 8. The molecule has 0 saturated heterocycles. The summed E-state index contributed by atoms with van der Waals surface area (Å²) in [5.74, 6) is 2.45. The molecule has 0 aliphatic heterocycles. The average Bonchev–Trinajstić information content (AvgIpc) is 2.28. The summed E-state index contributed by atoms with van der Waals surface area (Å²) in [7, 11) is 0. The van der Waals surface area contributed by atoms with Crippen molar-refractivity contribution in [2.45, 2.75) is 26.2 Å². The maximum Gasteiger partial charge on any atom is 0.0426 e. The number of hydrogen-bond donors (Lipinski definition) is 1. The topological polar surface area (TPSA) is 12.0 Å². The zero-order valence-corrected chi connectivity index (χ0v) is 11.4. The van der Waals surface area contributed by atoms with Gasteiger partial charge >= 0.3 is 0 Å². The number of halogens is 1. The van der Waals surface area contributed by atoms with Crippen molar-refractivity contribution in [1.29, 1.82) is 0 Å². The molecule has 0 aliphatic carbocycles. The first kappa shape index (κ1) is 13.7. The third kappa shape index (κ3) is 6.29. The Morgan fingerprint density at radius 3 is 2.88 bits per heavy atom. The Hall–Kier alpha value is -0.340. The number of benzene rings is 1. The van der Waals surface area contributed by atoms with E-state index < -0.39 is 0 Å². The second-order valence-corrected chi connectivity index (χ2v) is 5.42. The molecule has 16 heavy (non-hydrogen) atoms. The van der Waals surface area contributed by atoms with E-state index in [9.17, 15) is 0 Å². The number of unbranched alkanes of at least 4 members (excludes halogenated alkanes) is 2. The van der Waals surface area contributed by atoms with Crippen LogP contribution in [0.25, 0.3) is 0 Å². The molecule has 3 heteroatoms. The molecular weight excluding hydrogens is 238 g/mol. The first-order valence-corrected chi connectivity index (χ1v) is 7.43. The summed E-state index contributed by atoms with van der Waals surface area (Å²) in [6, 6.07) is 7.88. The molecule has 1 rings (SSSR count). The normalized spacial score (nSPS) is 10.4. The Morgan fingerprint density at radius 1 is 1.25 bits per heavy atom. The Labute approximate surface area is 108 Å². The molecule has 1 nitrogen and oxygen atoms in total. The van der Waals surface area contributed by atoms with Crippen molar-refractivity contribution in [2.75, 3.05) is 23.4 Å². The smallest absolute Gasteiger partial charge is 0.0426 e. The molecule has 0 amide bonds. The Bertz CT molecular complexity index is 291. The monoisotopic (exact) mass is 257 g/mol. The van der Waals surface area contributed by atoms with Crippen LogP contribution in [0.5, 0.6) is 0 Å². The maximum atomic E-state index is 5.90. The highest BCUT2D eigenvalue weighted by Crippen LogP contribution is 2.15. The molecule has 0 bridgehead atoms. The van der Waals surface area contributed by atoms with E-state index in [1.54, 1.807) is 0 Å². The van der Waals surface area contributed by atoms with Crippen molar-refractivity contribution in [2.24, 2.45) is 0 Å².